The Bertz CT molecular complexity index is 350. The standard InChI is InChI=1S/C11H17N3O2/c1-8(9(2)14-6-3-5-12-14)13-10-4-7-16-11(10)15/h3,5-6,8-10,13H,4,7H2,1-2H3. The minimum atomic E-state index is -0.159. The summed E-state index contributed by atoms with van der Waals surface area (Å²) in [4.78, 5) is 11.3. The van der Waals surface area contributed by atoms with E-state index in [1.807, 2.05) is 16.9 Å². The molecule has 2 heterocycles. The van der Waals surface area contributed by atoms with Gasteiger partial charge in [-0.2, -0.15) is 5.10 Å². The van der Waals surface area contributed by atoms with E-state index in [1.54, 1.807) is 6.20 Å². The number of aromatic nitrogens is 2. The van der Waals surface area contributed by atoms with Crippen LogP contribution >= 0.6 is 0 Å². The van der Waals surface area contributed by atoms with E-state index < -0.39 is 0 Å². The molecule has 0 bridgehead atoms. The first-order valence-corrected chi connectivity index (χ1v) is 5.60. The maximum atomic E-state index is 11.3. The molecular formula is C11H17N3O2. The second-order valence-corrected chi connectivity index (χ2v) is 4.19. The first-order chi connectivity index (χ1) is 7.68. The van der Waals surface area contributed by atoms with Gasteiger partial charge in [-0.1, -0.05) is 0 Å². The van der Waals surface area contributed by atoms with E-state index in [2.05, 4.69) is 24.3 Å². The zero-order chi connectivity index (χ0) is 11.5. The molecule has 1 saturated heterocycles. The quantitative estimate of drug-likeness (QED) is 0.765. The number of carbonyl (C=O) groups is 1. The summed E-state index contributed by atoms with van der Waals surface area (Å²) in [6, 6.07) is 2.12. The molecule has 3 atom stereocenters. The van der Waals surface area contributed by atoms with Gasteiger partial charge in [-0.3, -0.25) is 14.8 Å². The Morgan fingerprint density at radius 3 is 3.00 bits per heavy atom. The summed E-state index contributed by atoms with van der Waals surface area (Å²) in [5.74, 6) is -0.139. The number of carbonyl (C=O) groups excluding carboxylic acids is 1. The van der Waals surface area contributed by atoms with Crippen molar-refractivity contribution < 1.29 is 9.53 Å². The van der Waals surface area contributed by atoms with Gasteiger partial charge in [-0.25, -0.2) is 0 Å². The summed E-state index contributed by atoms with van der Waals surface area (Å²) in [7, 11) is 0. The molecule has 2 rings (SSSR count). The number of rotatable bonds is 4. The Labute approximate surface area is 94.8 Å². The Kier molecular flexibility index (Phi) is 3.24. The second kappa shape index (κ2) is 4.65. The van der Waals surface area contributed by atoms with E-state index in [0.717, 1.165) is 6.42 Å². The topological polar surface area (TPSA) is 56.1 Å². The fraction of sp³-hybridized carbons (Fsp3) is 0.636. The number of esters is 1. The van der Waals surface area contributed by atoms with Crippen molar-refractivity contribution in [2.75, 3.05) is 6.61 Å². The fourth-order valence-electron chi connectivity index (χ4n) is 1.85. The highest BCUT2D eigenvalue weighted by Crippen LogP contribution is 2.13. The highest BCUT2D eigenvalue weighted by Gasteiger charge is 2.29. The number of nitrogens with one attached hydrogen (secondary N) is 1. The van der Waals surface area contributed by atoms with Gasteiger partial charge in [-0.05, 0) is 19.9 Å². The number of ether oxygens (including phenoxy) is 1. The molecule has 0 spiro atoms. The molecule has 0 aliphatic carbocycles. The SMILES string of the molecule is CC(NC1CCOC1=O)C(C)n1cccn1. The van der Waals surface area contributed by atoms with Gasteiger partial charge in [0.2, 0.25) is 0 Å². The first-order valence-electron chi connectivity index (χ1n) is 5.60. The van der Waals surface area contributed by atoms with Gasteiger partial charge in [0.1, 0.15) is 6.04 Å². The summed E-state index contributed by atoms with van der Waals surface area (Å²) < 4.78 is 6.80. The number of cyclic esters (lactones) is 1. The van der Waals surface area contributed by atoms with E-state index in [1.165, 1.54) is 0 Å². The van der Waals surface area contributed by atoms with Crippen molar-refractivity contribution in [3.8, 4) is 0 Å². The average Bonchev–Trinajstić information content (AvgIpc) is 2.89. The minimum absolute atomic E-state index is 0.139. The summed E-state index contributed by atoms with van der Waals surface area (Å²) in [5.41, 5.74) is 0. The molecule has 88 valence electrons. The van der Waals surface area contributed by atoms with Crippen molar-refractivity contribution in [3.63, 3.8) is 0 Å². The molecule has 0 saturated carbocycles. The Morgan fingerprint density at radius 1 is 1.62 bits per heavy atom. The van der Waals surface area contributed by atoms with E-state index >= 15 is 0 Å². The zero-order valence-electron chi connectivity index (χ0n) is 9.59. The Morgan fingerprint density at radius 2 is 2.44 bits per heavy atom. The van der Waals surface area contributed by atoms with Gasteiger partial charge in [0.25, 0.3) is 0 Å². The number of hydrogen-bond acceptors (Lipinski definition) is 4. The van der Waals surface area contributed by atoms with Crippen LogP contribution in [0.25, 0.3) is 0 Å². The molecule has 1 aliphatic heterocycles. The van der Waals surface area contributed by atoms with E-state index in [-0.39, 0.29) is 24.1 Å². The molecule has 16 heavy (non-hydrogen) atoms. The van der Waals surface area contributed by atoms with Gasteiger partial charge in [0.15, 0.2) is 0 Å². The molecule has 1 N–H and O–H groups in total. The molecule has 1 aromatic heterocycles. The van der Waals surface area contributed by atoms with Gasteiger partial charge >= 0.3 is 5.97 Å². The smallest absolute Gasteiger partial charge is 0.323 e. The highest BCUT2D eigenvalue weighted by molar-refractivity contribution is 5.77. The molecule has 5 heteroatoms. The third kappa shape index (κ3) is 2.24. The average molecular weight is 223 g/mol. The molecule has 1 aromatic rings. The zero-order valence-corrected chi connectivity index (χ0v) is 9.59. The lowest BCUT2D eigenvalue weighted by molar-refractivity contribution is -0.139. The van der Waals surface area contributed by atoms with Crippen molar-refractivity contribution in [2.24, 2.45) is 0 Å². The second-order valence-electron chi connectivity index (χ2n) is 4.19. The minimum Gasteiger partial charge on any atom is -0.464 e. The predicted octanol–water partition coefficient (Wildman–Crippen LogP) is 0.738. The molecular weight excluding hydrogens is 206 g/mol. The van der Waals surface area contributed by atoms with Gasteiger partial charge in [-0.15, -0.1) is 0 Å². The molecule has 1 aliphatic rings. The molecule has 3 unspecified atom stereocenters. The lowest BCUT2D eigenvalue weighted by atomic mass is 10.1. The van der Waals surface area contributed by atoms with Crippen LogP contribution in [0.1, 0.15) is 26.3 Å². The molecule has 1 fully saturated rings. The summed E-state index contributed by atoms with van der Waals surface area (Å²) in [6.07, 6.45) is 4.44. The van der Waals surface area contributed by atoms with Crippen LogP contribution in [-0.2, 0) is 9.53 Å². The van der Waals surface area contributed by atoms with Crippen molar-refractivity contribution in [3.05, 3.63) is 18.5 Å². The molecule has 0 radical (unpaired) electrons. The summed E-state index contributed by atoms with van der Waals surface area (Å²) in [5, 5.41) is 7.47. The van der Waals surface area contributed by atoms with Crippen LogP contribution in [0.2, 0.25) is 0 Å². The first kappa shape index (κ1) is 11.1. The highest BCUT2D eigenvalue weighted by atomic mass is 16.5. The van der Waals surface area contributed by atoms with Crippen LogP contribution in [-0.4, -0.2) is 34.4 Å². The van der Waals surface area contributed by atoms with Crippen LogP contribution in [0.3, 0.4) is 0 Å². The lowest BCUT2D eigenvalue weighted by Gasteiger charge is -2.23. The van der Waals surface area contributed by atoms with Crippen LogP contribution in [0.15, 0.2) is 18.5 Å². The van der Waals surface area contributed by atoms with Crippen LogP contribution < -0.4 is 5.32 Å². The van der Waals surface area contributed by atoms with Crippen molar-refractivity contribution >= 4 is 5.97 Å². The Hall–Kier alpha value is -1.36. The van der Waals surface area contributed by atoms with Gasteiger partial charge in [0.05, 0.1) is 12.6 Å². The fourth-order valence-corrected chi connectivity index (χ4v) is 1.85. The van der Waals surface area contributed by atoms with E-state index in [9.17, 15) is 4.79 Å². The largest absolute Gasteiger partial charge is 0.464 e. The van der Waals surface area contributed by atoms with Crippen LogP contribution in [0, 0.1) is 0 Å². The Balaban J connectivity index is 1.92. The normalized spacial score (nSPS) is 24.1. The van der Waals surface area contributed by atoms with E-state index in [0.29, 0.717) is 6.61 Å². The maximum absolute atomic E-state index is 11.3. The lowest BCUT2D eigenvalue weighted by Crippen LogP contribution is -2.43. The third-order valence-electron chi connectivity index (χ3n) is 3.07. The van der Waals surface area contributed by atoms with Crippen molar-refractivity contribution in [2.45, 2.75) is 38.4 Å². The number of nitrogens with zero attached hydrogens (tertiary/aromatic N) is 2. The van der Waals surface area contributed by atoms with Gasteiger partial charge in [0, 0.05) is 24.9 Å². The van der Waals surface area contributed by atoms with Crippen LogP contribution in [0.4, 0.5) is 0 Å². The molecule has 0 amide bonds. The third-order valence-corrected chi connectivity index (χ3v) is 3.07. The van der Waals surface area contributed by atoms with E-state index in [4.69, 9.17) is 4.74 Å². The van der Waals surface area contributed by atoms with Crippen LogP contribution in [0.5, 0.6) is 0 Å². The molecule has 0 aromatic carbocycles. The van der Waals surface area contributed by atoms with Crippen molar-refractivity contribution in [1.29, 1.82) is 0 Å². The van der Waals surface area contributed by atoms with Gasteiger partial charge < -0.3 is 4.74 Å². The summed E-state index contributed by atoms with van der Waals surface area (Å²) in [6.45, 7) is 4.66. The maximum Gasteiger partial charge on any atom is 0.323 e. The molecule has 5 nitrogen and oxygen atoms in total. The van der Waals surface area contributed by atoms with Crippen molar-refractivity contribution in [1.82, 2.24) is 15.1 Å². The monoisotopic (exact) mass is 223 g/mol. The summed E-state index contributed by atoms with van der Waals surface area (Å²) >= 11 is 0. The predicted molar refractivity (Wildman–Crippen MR) is 58.9 cm³/mol. The number of hydrogen-bond donors (Lipinski definition) is 1.